The van der Waals surface area contributed by atoms with Crippen molar-refractivity contribution in [2.24, 2.45) is 5.73 Å². The van der Waals surface area contributed by atoms with Crippen LogP contribution in [-0.4, -0.2) is 0 Å². The molecule has 96 valence electrons. The monoisotopic (exact) mass is 287 g/mol. The van der Waals surface area contributed by atoms with Crippen molar-refractivity contribution in [3.8, 4) is 0 Å². The van der Waals surface area contributed by atoms with Gasteiger partial charge in [0.1, 0.15) is 0 Å². The third-order valence-corrected chi connectivity index (χ3v) is 4.51. The first kappa shape index (κ1) is 12.7. The van der Waals surface area contributed by atoms with E-state index in [0.717, 1.165) is 11.4 Å². The Morgan fingerprint density at radius 1 is 1.05 bits per heavy atom. The van der Waals surface area contributed by atoms with Gasteiger partial charge in [0.2, 0.25) is 0 Å². The van der Waals surface area contributed by atoms with Crippen LogP contribution >= 0.6 is 22.9 Å². The predicted molar refractivity (Wildman–Crippen MR) is 83.9 cm³/mol. The number of nitrogens with two attached hydrogens (primary N) is 1. The fourth-order valence-electron chi connectivity index (χ4n) is 2.27. The topological polar surface area (TPSA) is 26.0 Å². The van der Waals surface area contributed by atoms with Crippen LogP contribution in [0.4, 0.5) is 0 Å². The van der Waals surface area contributed by atoms with Gasteiger partial charge in [0.05, 0.1) is 0 Å². The standard InChI is InChI=1S/C16H14ClNS/c17-12-7-5-11(6-8-12)9-15(18)14-10-19-16-4-2-1-3-13(14)16/h1-8,10,15H,9,18H2. The maximum Gasteiger partial charge on any atom is 0.0406 e. The first-order chi connectivity index (χ1) is 9.24. The van der Waals surface area contributed by atoms with Gasteiger partial charge in [-0.25, -0.2) is 0 Å². The lowest BCUT2D eigenvalue weighted by molar-refractivity contribution is 0.730. The van der Waals surface area contributed by atoms with Crippen LogP contribution in [0.25, 0.3) is 10.1 Å². The zero-order valence-electron chi connectivity index (χ0n) is 10.3. The van der Waals surface area contributed by atoms with Crippen LogP contribution in [0.5, 0.6) is 0 Å². The van der Waals surface area contributed by atoms with Crippen LogP contribution < -0.4 is 5.73 Å². The molecule has 0 aliphatic carbocycles. The number of hydrogen-bond donors (Lipinski definition) is 1. The van der Waals surface area contributed by atoms with E-state index >= 15 is 0 Å². The van der Waals surface area contributed by atoms with Crippen LogP contribution in [0.3, 0.4) is 0 Å². The molecule has 1 heterocycles. The van der Waals surface area contributed by atoms with Crippen molar-refractivity contribution in [1.82, 2.24) is 0 Å². The summed E-state index contributed by atoms with van der Waals surface area (Å²) in [4.78, 5) is 0. The zero-order chi connectivity index (χ0) is 13.2. The Balaban J connectivity index is 1.87. The minimum absolute atomic E-state index is 0.0253. The van der Waals surface area contributed by atoms with E-state index < -0.39 is 0 Å². The fraction of sp³-hybridized carbons (Fsp3) is 0.125. The van der Waals surface area contributed by atoms with Gasteiger partial charge in [0, 0.05) is 15.8 Å². The minimum Gasteiger partial charge on any atom is -0.324 e. The number of benzene rings is 2. The summed E-state index contributed by atoms with van der Waals surface area (Å²) < 4.78 is 1.30. The summed E-state index contributed by atoms with van der Waals surface area (Å²) in [6.45, 7) is 0. The average molecular weight is 288 g/mol. The minimum atomic E-state index is 0.0253. The molecule has 0 bridgehead atoms. The molecule has 2 aromatic carbocycles. The molecule has 0 aliphatic heterocycles. The van der Waals surface area contributed by atoms with Crippen molar-refractivity contribution in [3.63, 3.8) is 0 Å². The second kappa shape index (κ2) is 5.33. The summed E-state index contributed by atoms with van der Waals surface area (Å²) in [6.07, 6.45) is 0.831. The largest absolute Gasteiger partial charge is 0.324 e. The molecule has 2 N–H and O–H groups in total. The Labute approximate surface area is 121 Å². The molecule has 3 aromatic rings. The van der Waals surface area contributed by atoms with Crippen molar-refractivity contribution in [3.05, 3.63) is 70.1 Å². The molecule has 0 aliphatic rings. The molecule has 19 heavy (non-hydrogen) atoms. The number of thiophene rings is 1. The SMILES string of the molecule is NC(Cc1ccc(Cl)cc1)c1csc2ccccc12. The fourth-order valence-corrected chi connectivity index (χ4v) is 3.42. The molecule has 3 rings (SSSR count). The third-order valence-electron chi connectivity index (χ3n) is 3.28. The summed E-state index contributed by atoms with van der Waals surface area (Å²) in [7, 11) is 0. The Hall–Kier alpha value is -1.35. The van der Waals surface area contributed by atoms with Crippen molar-refractivity contribution in [1.29, 1.82) is 0 Å². The smallest absolute Gasteiger partial charge is 0.0406 e. The highest BCUT2D eigenvalue weighted by Crippen LogP contribution is 2.30. The van der Waals surface area contributed by atoms with Gasteiger partial charge in [-0.05, 0) is 46.5 Å². The van der Waals surface area contributed by atoms with E-state index in [1.807, 2.05) is 24.3 Å². The molecule has 0 amide bonds. The Bertz CT molecular complexity index is 687. The van der Waals surface area contributed by atoms with Gasteiger partial charge >= 0.3 is 0 Å². The van der Waals surface area contributed by atoms with Crippen LogP contribution in [-0.2, 0) is 6.42 Å². The molecule has 0 radical (unpaired) electrons. The summed E-state index contributed by atoms with van der Waals surface area (Å²) in [5.41, 5.74) is 8.80. The summed E-state index contributed by atoms with van der Waals surface area (Å²) in [5.74, 6) is 0. The first-order valence-corrected chi connectivity index (χ1v) is 7.46. The van der Waals surface area contributed by atoms with Gasteiger partial charge in [0.15, 0.2) is 0 Å². The normalized spacial score (nSPS) is 12.7. The Morgan fingerprint density at radius 3 is 2.58 bits per heavy atom. The Morgan fingerprint density at radius 2 is 1.79 bits per heavy atom. The van der Waals surface area contributed by atoms with Crippen LogP contribution in [0.2, 0.25) is 5.02 Å². The van der Waals surface area contributed by atoms with E-state index in [0.29, 0.717) is 0 Å². The van der Waals surface area contributed by atoms with Gasteiger partial charge in [-0.3, -0.25) is 0 Å². The molecule has 3 heteroatoms. The lowest BCUT2D eigenvalue weighted by Crippen LogP contribution is -2.12. The van der Waals surface area contributed by atoms with Gasteiger partial charge < -0.3 is 5.73 Å². The lowest BCUT2D eigenvalue weighted by Gasteiger charge is -2.11. The summed E-state index contributed by atoms with van der Waals surface area (Å²) in [6, 6.07) is 16.3. The van der Waals surface area contributed by atoms with E-state index in [9.17, 15) is 0 Å². The number of halogens is 1. The highest BCUT2D eigenvalue weighted by Gasteiger charge is 2.12. The highest BCUT2D eigenvalue weighted by molar-refractivity contribution is 7.17. The molecule has 1 aromatic heterocycles. The van der Waals surface area contributed by atoms with Crippen LogP contribution in [0, 0.1) is 0 Å². The predicted octanol–water partition coefficient (Wildman–Crippen LogP) is 4.80. The van der Waals surface area contributed by atoms with Crippen molar-refractivity contribution in [2.45, 2.75) is 12.5 Å². The number of fused-ring (bicyclic) bond motifs is 1. The molecular formula is C16H14ClNS. The van der Waals surface area contributed by atoms with E-state index in [1.165, 1.54) is 21.2 Å². The molecule has 0 saturated heterocycles. The second-order valence-electron chi connectivity index (χ2n) is 4.62. The molecule has 1 unspecified atom stereocenters. The number of hydrogen-bond acceptors (Lipinski definition) is 2. The molecule has 0 spiro atoms. The molecule has 1 atom stereocenters. The molecular weight excluding hydrogens is 274 g/mol. The summed E-state index contributed by atoms with van der Waals surface area (Å²) >= 11 is 7.65. The Kier molecular flexibility index (Phi) is 3.56. The van der Waals surface area contributed by atoms with Gasteiger partial charge in [-0.15, -0.1) is 11.3 Å². The van der Waals surface area contributed by atoms with Crippen LogP contribution in [0.1, 0.15) is 17.2 Å². The van der Waals surface area contributed by atoms with E-state index in [-0.39, 0.29) is 6.04 Å². The number of rotatable bonds is 3. The maximum absolute atomic E-state index is 6.35. The maximum atomic E-state index is 6.35. The lowest BCUT2D eigenvalue weighted by atomic mass is 9.99. The zero-order valence-corrected chi connectivity index (χ0v) is 11.9. The quantitative estimate of drug-likeness (QED) is 0.736. The van der Waals surface area contributed by atoms with Crippen molar-refractivity contribution < 1.29 is 0 Å². The van der Waals surface area contributed by atoms with Crippen molar-refractivity contribution >= 4 is 33.0 Å². The van der Waals surface area contributed by atoms with Gasteiger partial charge in [-0.2, -0.15) is 0 Å². The second-order valence-corrected chi connectivity index (χ2v) is 5.97. The van der Waals surface area contributed by atoms with E-state index in [4.69, 9.17) is 17.3 Å². The van der Waals surface area contributed by atoms with Crippen molar-refractivity contribution in [2.75, 3.05) is 0 Å². The average Bonchev–Trinajstić information content (AvgIpc) is 2.85. The summed E-state index contributed by atoms with van der Waals surface area (Å²) in [5, 5.41) is 4.21. The first-order valence-electron chi connectivity index (χ1n) is 6.20. The van der Waals surface area contributed by atoms with Gasteiger partial charge in [0.25, 0.3) is 0 Å². The molecule has 0 saturated carbocycles. The third kappa shape index (κ3) is 2.66. The molecule has 0 fully saturated rings. The van der Waals surface area contributed by atoms with Crippen LogP contribution in [0.15, 0.2) is 53.9 Å². The van der Waals surface area contributed by atoms with E-state index in [2.05, 4.69) is 29.6 Å². The molecule has 1 nitrogen and oxygen atoms in total. The van der Waals surface area contributed by atoms with E-state index in [1.54, 1.807) is 11.3 Å². The highest BCUT2D eigenvalue weighted by atomic mass is 35.5. The van der Waals surface area contributed by atoms with Gasteiger partial charge in [-0.1, -0.05) is 41.9 Å².